The van der Waals surface area contributed by atoms with Crippen molar-refractivity contribution < 1.29 is 19.4 Å². The number of hydrogen-bond acceptors (Lipinski definition) is 4. The zero-order chi connectivity index (χ0) is 20.3. The van der Waals surface area contributed by atoms with Crippen molar-refractivity contribution in [2.24, 2.45) is 34.5 Å². The highest BCUT2D eigenvalue weighted by Gasteiger charge is 2.64. The minimum atomic E-state index is -0.784. The maximum Gasteiger partial charge on any atom is 0.302 e. The third-order valence-electron chi connectivity index (χ3n) is 9.12. The smallest absolute Gasteiger partial charge is 0.302 e. The Bertz CT molecular complexity index is 752. The van der Waals surface area contributed by atoms with E-state index in [1.54, 1.807) is 6.08 Å². The van der Waals surface area contributed by atoms with Gasteiger partial charge < -0.3 is 9.84 Å². The Hall–Kier alpha value is -1.42. The van der Waals surface area contributed by atoms with E-state index in [1.807, 2.05) is 13.0 Å². The topological polar surface area (TPSA) is 63.6 Å². The van der Waals surface area contributed by atoms with E-state index in [9.17, 15) is 14.7 Å². The number of carbonyl (C=O) groups is 2. The number of hydrogen-bond donors (Lipinski definition) is 1. The molecule has 0 spiro atoms. The Kier molecular flexibility index (Phi) is 4.65. The van der Waals surface area contributed by atoms with E-state index in [-0.39, 0.29) is 35.1 Å². The number of esters is 1. The van der Waals surface area contributed by atoms with E-state index in [1.165, 1.54) is 12.5 Å². The van der Waals surface area contributed by atoms with Crippen molar-refractivity contribution >= 4 is 11.8 Å². The van der Waals surface area contributed by atoms with Crippen molar-refractivity contribution in [1.29, 1.82) is 0 Å². The van der Waals surface area contributed by atoms with Gasteiger partial charge in [0, 0.05) is 18.3 Å². The summed E-state index contributed by atoms with van der Waals surface area (Å²) in [7, 11) is 0. The molecule has 7 atom stereocenters. The van der Waals surface area contributed by atoms with Gasteiger partial charge in [0.2, 0.25) is 0 Å². The zero-order valence-corrected chi connectivity index (χ0v) is 17.7. The van der Waals surface area contributed by atoms with Crippen LogP contribution in [-0.2, 0) is 14.3 Å². The fourth-order valence-electron chi connectivity index (χ4n) is 7.44. The standard InChI is InChI=1S/C24H34O4/c1-15(14-28-16(2)25)24(27)12-9-21-19-6-5-17-13-18(26)7-10-22(17,3)20(19)8-11-23(21,24)4/h7,10,13,15,19-21,27H,5-6,8-9,11-12,14H2,1-4H3/t15-,19+,20-,21-,22-,23-,24-/m0/s1. The second kappa shape index (κ2) is 6.55. The molecule has 4 heteroatoms. The molecule has 0 radical (unpaired) electrons. The molecule has 0 amide bonds. The Morgan fingerprint density at radius 1 is 1.25 bits per heavy atom. The van der Waals surface area contributed by atoms with Gasteiger partial charge >= 0.3 is 5.97 Å². The van der Waals surface area contributed by atoms with E-state index in [2.05, 4.69) is 19.9 Å². The van der Waals surface area contributed by atoms with Gasteiger partial charge in [0.25, 0.3) is 0 Å². The molecular weight excluding hydrogens is 352 g/mol. The van der Waals surface area contributed by atoms with Gasteiger partial charge in [0.05, 0.1) is 12.2 Å². The molecule has 0 bridgehead atoms. The Balaban J connectivity index is 1.60. The summed E-state index contributed by atoms with van der Waals surface area (Å²) in [6, 6.07) is 0. The predicted octanol–water partition coefficient (Wildman–Crippen LogP) is 4.22. The maximum absolute atomic E-state index is 11.9. The molecule has 0 aliphatic heterocycles. The summed E-state index contributed by atoms with van der Waals surface area (Å²) in [5, 5.41) is 11.8. The Labute approximate surface area is 168 Å². The molecule has 0 heterocycles. The number of ketones is 1. The lowest BCUT2D eigenvalue weighted by molar-refractivity contribution is -0.165. The van der Waals surface area contributed by atoms with Crippen LogP contribution in [0.15, 0.2) is 23.8 Å². The first-order valence-electron chi connectivity index (χ1n) is 10.9. The molecule has 4 aliphatic rings. The average Bonchev–Trinajstić information content (AvgIpc) is 2.92. The first-order valence-corrected chi connectivity index (χ1v) is 10.9. The summed E-state index contributed by atoms with van der Waals surface area (Å²) in [6.45, 7) is 8.33. The van der Waals surface area contributed by atoms with Gasteiger partial charge in [-0.15, -0.1) is 0 Å². The number of rotatable bonds is 3. The van der Waals surface area contributed by atoms with E-state index in [4.69, 9.17) is 4.74 Å². The van der Waals surface area contributed by atoms with Crippen LogP contribution >= 0.6 is 0 Å². The Morgan fingerprint density at radius 2 is 1.96 bits per heavy atom. The number of ether oxygens (including phenoxy) is 1. The minimum absolute atomic E-state index is 0.0117. The van der Waals surface area contributed by atoms with Crippen molar-refractivity contribution in [2.45, 2.75) is 71.8 Å². The lowest BCUT2D eigenvalue weighted by atomic mass is 9.46. The maximum atomic E-state index is 11.9. The van der Waals surface area contributed by atoms with Crippen LogP contribution in [0.25, 0.3) is 0 Å². The van der Waals surface area contributed by atoms with Crippen LogP contribution in [0, 0.1) is 34.5 Å². The summed E-state index contributed by atoms with van der Waals surface area (Å²) in [5.74, 6) is 1.39. The summed E-state index contributed by atoms with van der Waals surface area (Å²) >= 11 is 0. The molecule has 0 aromatic heterocycles. The van der Waals surface area contributed by atoms with Crippen LogP contribution in [0.3, 0.4) is 0 Å². The third kappa shape index (κ3) is 2.67. The van der Waals surface area contributed by atoms with Gasteiger partial charge in [-0.1, -0.05) is 32.4 Å². The van der Waals surface area contributed by atoms with E-state index in [0.29, 0.717) is 17.8 Å². The summed E-state index contributed by atoms with van der Waals surface area (Å²) < 4.78 is 5.26. The van der Waals surface area contributed by atoms with Crippen LogP contribution < -0.4 is 0 Å². The molecule has 0 aromatic carbocycles. The molecule has 0 aromatic rings. The average molecular weight is 387 g/mol. The van der Waals surface area contributed by atoms with Gasteiger partial charge in [-0.05, 0) is 73.8 Å². The van der Waals surface area contributed by atoms with Gasteiger partial charge in [-0.3, -0.25) is 9.59 Å². The molecular formula is C24H34O4. The number of carbonyl (C=O) groups excluding carboxylic acids is 2. The summed E-state index contributed by atoms with van der Waals surface area (Å²) in [5.41, 5.74) is 0.371. The van der Waals surface area contributed by atoms with Crippen molar-refractivity contribution in [3.8, 4) is 0 Å². The lowest BCUT2D eigenvalue weighted by Gasteiger charge is -2.59. The van der Waals surface area contributed by atoms with Gasteiger partial charge in [-0.25, -0.2) is 0 Å². The van der Waals surface area contributed by atoms with Crippen molar-refractivity contribution in [2.75, 3.05) is 6.61 Å². The second-order valence-electron chi connectivity index (χ2n) is 10.2. The fourth-order valence-corrected chi connectivity index (χ4v) is 7.44. The van der Waals surface area contributed by atoms with E-state index >= 15 is 0 Å². The second-order valence-corrected chi connectivity index (χ2v) is 10.2. The molecule has 4 aliphatic carbocycles. The molecule has 1 N–H and O–H groups in total. The highest BCUT2D eigenvalue weighted by atomic mass is 16.5. The first-order chi connectivity index (χ1) is 13.1. The quantitative estimate of drug-likeness (QED) is 0.738. The number of aliphatic hydroxyl groups is 1. The zero-order valence-electron chi connectivity index (χ0n) is 17.7. The van der Waals surface area contributed by atoms with Gasteiger partial charge in [0.1, 0.15) is 0 Å². The van der Waals surface area contributed by atoms with Crippen molar-refractivity contribution in [3.05, 3.63) is 23.8 Å². The number of allylic oxidation sites excluding steroid dienone is 4. The van der Waals surface area contributed by atoms with Gasteiger partial charge in [-0.2, -0.15) is 0 Å². The van der Waals surface area contributed by atoms with Crippen LogP contribution in [0.1, 0.15) is 66.2 Å². The number of fused-ring (bicyclic) bond motifs is 5. The molecule has 4 rings (SSSR count). The summed E-state index contributed by atoms with van der Waals surface area (Å²) in [6.07, 6.45) is 11.8. The van der Waals surface area contributed by atoms with Crippen LogP contribution in [0.2, 0.25) is 0 Å². The highest BCUT2D eigenvalue weighted by Crippen LogP contribution is 2.68. The van der Waals surface area contributed by atoms with Crippen LogP contribution in [0.5, 0.6) is 0 Å². The first kappa shape index (κ1) is 19.9. The van der Waals surface area contributed by atoms with Crippen LogP contribution in [0.4, 0.5) is 0 Å². The molecule has 0 saturated heterocycles. The normalized spacial score (nSPS) is 45.5. The highest BCUT2D eigenvalue weighted by molar-refractivity contribution is 6.01. The molecule has 28 heavy (non-hydrogen) atoms. The van der Waals surface area contributed by atoms with Crippen LogP contribution in [-0.4, -0.2) is 29.1 Å². The summed E-state index contributed by atoms with van der Waals surface area (Å²) in [4.78, 5) is 23.2. The van der Waals surface area contributed by atoms with E-state index in [0.717, 1.165) is 38.5 Å². The van der Waals surface area contributed by atoms with Gasteiger partial charge in [0.15, 0.2) is 5.78 Å². The monoisotopic (exact) mass is 386 g/mol. The molecule has 3 fully saturated rings. The molecule has 3 saturated carbocycles. The predicted molar refractivity (Wildman–Crippen MR) is 107 cm³/mol. The SMILES string of the molecule is CC(=O)OC[C@H](C)[C@@]1(O)CC[C@H]2[C@@H]3CCC4=CC(=O)C=C[C@]4(C)[C@H]3CC[C@@]21C. The van der Waals surface area contributed by atoms with E-state index < -0.39 is 5.60 Å². The third-order valence-corrected chi connectivity index (χ3v) is 9.12. The lowest BCUT2D eigenvalue weighted by Crippen LogP contribution is -2.57. The molecule has 154 valence electrons. The Morgan fingerprint density at radius 3 is 2.68 bits per heavy atom. The molecule has 0 unspecified atom stereocenters. The largest absolute Gasteiger partial charge is 0.465 e. The fraction of sp³-hybridized carbons (Fsp3) is 0.750. The minimum Gasteiger partial charge on any atom is -0.465 e. The molecule has 4 nitrogen and oxygen atoms in total. The van der Waals surface area contributed by atoms with Crippen molar-refractivity contribution in [3.63, 3.8) is 0 Å². The van der Waals surface area contributed by atoms with Crippen molar-refractivity contribution in [1.82, 2.24) is 0 Å².